The van der Waals surface area contributed by atoms with Crippen molar-refractivity contribution < 1.29 is 9.47 Å². The number of methoxy groups -OCH3 is 1. The number of nitrogens with one attached hydrogen (secondary N) is 2. The van der Waals surface area contributed by atoms with Crippen LogP contribution in [0.5, 0.6) is 5.75 Å². The molecule has 4 rings (SSSR count). The number of hydrogen-bond acceptors (Lipinski definition) is 4. The summed E-state index contributed by atoms with van der Waals surface area (Å²) in [7, 11) is 3.59. The lowest BCUT2D eigenvalue weighted by Crippen LogP contribution is -2.68. The Kier molecular flexibility index (Phi) is 5.41. The van der Waals surface area contributed by atoms with Gasteiger partial charge in [0.05, 0.1) is 13.2 Å². The van der Waals surface area contributed by atoms with Crippen molar-refractivity contribution in [3.05, 3.63) is 24.3 Å². The highest BCUT2D eigenvalue weighted by Gasteiger charge is 2.59. The molecule has 2 heterocycles. The molecule has 0 aromatic heterocycles. The van der Waals surface area contributed by atoms with Crippen molar-refractivity contribution in [1.82, 2.24) is 10.6 Å². The summed E-state index contributed by atoms with van der Waals surface area (Å²) in [6.45, 7) is 7.54. The van der Waals surface area contributed by atoms with Crippen molar-refractivity contribution in [2.45, 2.75) is 51.3 Å². The van der Waals surface area contributed by atoms with E-state index in [1.54, 1.807) is 7.11 Å². The van der Waals surface area contributed by atoms with Crippen LogP contribution >= 0.6 is 0 Å². The van der Waals surface area contributed by atoms with Crippen LogP contribution in [0.25, 0.3) is 0 Å². The topological polar surface area (TPSA) is 58.1 Å². The molecule has 4 atom stereocenters. The van der Waals surface area contributed by atoms with Gasteiger partial charge in [0.25, 0.3) is 0 Å². The molecule has 3 aliphatic rings. The Balaban J connectivity index is 1.37. The zero-order valence-corrected chi connectivity index (χ0v) is 17.6. The first-order valence-electron chi connectivity index (χ1n) is 10.5. The highest BCUT2D eigenvalue weighted by molar-refractivity contribution is 5.80. The van der Waals surface area contributed by atoms with Gasteiger partial charge < -0.3 is 25.0 Å². The predicted octanol–water partition coefficient (Wildman–Crippen LogP) is 2.64. The van der Waals surface area contributed by atoms with Crippen LogP contribution in [-0.4, -0.2) is 58.0 Å². The summed E-state index contributed by atoms with van der Waals surface area (Å²) < 4.78 is 11.3. The zero-order chi connectivity index (χ0) is 19.7. The Labute approximate surface area is 168 Å². The first kappa shape index (κ1) is 19.4. The zero-order valence-electron chi connectivity index (χ0n) is 17.6. The third-order valence-electron chi connectivity index (χ3n) is 6.80. The van der Waals surface area contributed by atoms with E-state index in [4.69, 9.17) is 9.47 Å². The fraction of sp³-hybridized carbons (Fsp3) is 0.682. The van der Waals surface area contributed by atoms with Gasteiger partial charge in [0.15, 0.2) is 5.96 Å². The lowest BCUT2D eigenvalue weighted by molar-refractivity contribution is -0.106. The number of benzene rings is 1. The van der Waals surface area contributed by atoms with Gasteiger partial charge >= 0.3 is 0 Å². The standard InChI is InChI=1S/C22H34N4O2/c1-22(2)19(18-10-12-28-20(18)22)25-21(23-3)24-15-7-6-11-26(14-15)16-8-5-9-17(13-16)27-4/h5,8-9,13,15,18-20H,6-7,10-12,14H2,1-4H3,(H2,23,24,25). The molecule has 2 aliphatic heterocycles. The molecular formula is C22H34N4O2. The maximum atomic E-state index is 5.93. The average Bonchev–Trinajstić information content (AvgIpc) is 3.18. The molecule has 4 unspecified atom stereocenters. The fourth-order valence-corrected chi connectivity index (χ4v) is 5.27. The molecule has 1 saturated carbocycles. The fourth-order valence-electron chi connectivity index (χ4n) is 5.27. The lowest BCUT2D eigenvalue weighted by atomic mass is 9.57. The summed E-state index contributed by atoms with van der Waals surface area (Å²) in [5.41, 5.74) is 1.37. The molecular weight excluding hydrogens is 352 g/mol. The Morgan fingerprint density at radius 3 is 2.93 bits per heavy atom. The van der Waals surface area contributed by atoms with Gasteiger partial charge in [-0.1, -0.05) is 19.9 Å². The van der Waals surface area contributed by atoms with Gasteiger partial charge in [0.1, 0.15) is 5.75 Å². The van der Waals surface area contributed by atoms with Crippen LogP contribution in [0.2, 0.25) is 0 Å². The quantitative estimate of drug-likeness (QED) is 0.615. The van der Waals surface area contributed by atoms with E-state index in [1.807, 2.05) is 13.1 Å². The molecule has 3 fully saturated rings. The summed E-state index contributed by atoms with van der Waals surface area (Å²) in [5, 5.41) is 7.38. The third-order valence-corrected chi connectivity index (χ3v) is 6.80. The minimum Gasteiger partial charge on any atom is -0.497 e. The van der Waals surface area contributed by atoms with E-state index in [2.05, 4.69) is 52.6 Å². The number of piperidine rings is 1. The van der Waals surface area contributed by atoms with Gasteiger partial charge in [-0.2, -0.15) is 0 Å². The van der Waals surface area contributed by atoms with Gasteiger partial charge in [0.2, 0.25) is 0 Å². The molecule has 28 heavy (non-hydrogen) atoms. The third kappa shape index (κ3) is 3.54. The van der Waals surface area contributed by atoms with E-state index in [9.17, 15) is 0 Å². The largest absolute Gasteiger partial charge is 0.497 e. The number of fused-ring (bicyclic) bond motifs is 1. The molecule has 6 heteroatoms. The molecule has 1 aromatic rings. The predicted molar refractivity (Wildman–Crippen MR) is 113 cm³/mol. The van der Waals surface area contributed by atoms with Crippen LogP contribution in [0.15, 0.2) is 29.3 Å². The van der Waals surface area contributed by atoms with E-state index in [1.165, 1.54) is 12.1 Å². The van der Waals surface area contributed by atoms with Crippen molar-refractivity contribution in [2.75, 3.05) is 38.8 Å². The maximum absolute atomic E-state index is 5.93. The molecule has 0 amide bonds. The minimum atomic E-state index is 0.151. The van der Waals surface area contributed by atoms with Gasteiger partial charge in [-0.15, -0.1) is 0 Å². The minimum absolute atomic E-state index is 0.151. The smallest absolute Gasteiger partial charge is 0.191 e. The second kappa shape index (κ2) is 7.82. The Morgan fingerprint density at radius 1 is 1.29 bits per heavy atom. The molecule has 0 bridgehead atoms. The summed E-state index contributed by atoms with van der Waals surface area (Å²) >= 11 is 0. The Hall–Kier alpha value is -1.95. The van der Waals surface area contributed by atoms with Crippen LogP contribution in [0, 0.1) is 11.3 Å². The van der Waals surface area contributed by atoms with Crippen LogP contribution in [0.4, 0.5) is 5.69 Å². The molecule has 0 spiro atoms. The average molecular weight is 387 g/mol. The number of hydrogen-bond donors (Lipinski definition) is 2. The van der Waals surface area contributed by atoms with Gasteiger partial charge in [0, 0.05) is 61.9 Å². The molecule has 1 aromatic carbocycles. The highest BCUT2D eigenvalue weighted by Crippen LogP contribution is 2.52. The normalized spacial score (nSPS) is 31.7. The van der Waals surface area contributed by atoms with Crippen molar-refractivity contribution in [1.29, 1.82) is 0 Å². The second-order valence-corrected chi connectivity index (χ2v) is 8.89. The molecule has 0 radical (unpaired) electrons. The lowest BCUT2D eigenvalue weighted by Gasteiger charge is -2.55. The molecule has 1 aliphatic carbocycles. The molecule has 6 nitrogen and oxygen atoms in total. The number of ether oxygens (including phenoxy) is 2. The van der Waals surface area contributed by atoms with E-state index in [0.29, 0.717) is 24.1 Å². The van der Waals surface area contributed by atoms with E-state index in [0.717, 1.165) is 44.2 Å². The van der Waals surface area contributed by atoms with Gasteiger partial charge in [-0.3, -0.25) is 4.99 Å². The summed E-state index contributed by atoms with van der Waals surface area (Å²) in [6.07, 6.45) is 3.86. The van der Waals surface area contributed by atoms with Gasteiger partial charge in [-0.25, -0.2) is 0 Å². The van der Waals surface area contributed by atoms with E-state index in [-0.39, 0.29) is 5.41 Å². The van der Waals surface area contributed by atoms with E-state index >= 15 is 0 Å². The van der Waals surface area contributed by atoms with Gasteiger partial charge in [-0.05, 0) is 31.4 Å². The number of guanidine groups is 1. The molecule has 2 saturated heterocycles. The molecule has 154 valence electrons. The van der Waals surface area contributed by atoms with Crippen molar-refractivity contribution in [3.8, 4) is 5.75 Å². The van der Waals surface area contributed by atoms with E-state index < -0.39 is 0 Å². The summed E-state index contributed by atoms with van der Waals surface area (Å²) in [6, 6.07) is 9.13. The second-order valence-electron chi connectivity index (χ2n) is 8.89. The number of rotatable bonds is 4. The Morgan fingerprint density at radius 2 is 2.14 bits per heavy atom. The monoisotopic (exact) mass is 386 g/mol. The number of aliphatic imine (C=N–C) groups is 1. The summed E-state index contributed by atoms with van der Waals surface area (Å²) in [4.78, 5) is 6.96. The SMILES string of the molecule is CN=C(NC1CCCN(c2cccc(OC)c2)C1)NC1C2CCOC2C1(C)C. The first-order chi connectivity index (χ1) is 13.5. The molecule has 2 N–H and O–H groups in total. The highest BCUT2D eigenvalue weighted by atomic mass is 16.5. The maximum Gasteiger partial charge on any atom is 0.191 e. The van der Waals surface area contributed by atoms with Crippen LogP contribution in [0.3, 0.4) is 0 Å². The van der Waals surface area contributed by atoms with Crippen LogP contribution in [-0.2, 0) is 4.74 Å². The van der Waals surface area contributed by atoms with Crippen LogP contribution < -0.4 is 20.3 Å². The van der Waals surface area contributed by atoms with Crippen molar-refractivity contribution >= 4 is 11.6 Å². The first-order valence-corrected chi connectivity index (χ1v) is 10.5. The summed E-state index contributed by atoms with van der Waals surface area (Å²) in [5.74, 6) is 2.43. The Bertz CT molecular complexity index is 720. The van der Waals surface area contributed by atoms with Crippen molar-refractivity contribution in [2.24, 2.45) is 16.3 Å². The van der Waals surface area contributed by atoms with Crippen LogP contribution in [0.1, 0.15) is 33.1 Å². The number of anilines is 1. The number of nitrogens with zero attached hydrogens (tertiary/aromatic N) is 2. The van der Waals surface area contributed by atoms with Crippen molar-refractivity contribution in [3.63, 3.8) is 0 Å².